The quantitative estimate of drug-likeness (QED) is 0.0175. The summed E-state index contributed by atoms with van der Waals surface area (Å²) in [6.07, 6.45) is 22.8. The number of rotatable bonds is 36. The topological polar surface area (TPSA) is 206 Å². The molecule has 12 nitrogen and oxygen atoms in total. The molecule has 0 heterocycles. The van der Waals surface area contributed by atoms with E-state index in [0.29, 0.717) is 6.42 Å². The molecule has 0 saturated heterocycles. The van der Waals surface area contributed by atoms with E-state index >= 15 is 0 Å². The number of aliphatic hydroxyl groups excluding tert-OH is 6. The van der Waals surface area contributed by atoms with Crippen molar-refractivity contribution in [2.75, 3.05) is 6.61 Å². The third-order valence-corrected chi connectivity index (χ3v) is 11.8. The Balaban J connectivity index is 2.52. The highest BCUT2D eigenvalue weighted by Crippen LogP contribution is 2.47. The maximum atomic E-state index is 12.9. The number of carbonyl (C=O) groups is 1. The van der Waals surface area contributed by atoms with Crippen molar-refractivity contribution in [2.45, 2.75) is 242 Å². The van der Waals surface area contributed by atoms with Gasteiger partial charge >= 0.3 is 7.82 Å². The Morgan fingerprint density at radius 1 is 0.600 bits per heavy atom. The molecule has 8 N–H and O–H groups in total. The molecule has 0 aliphatic heterocycles. The zero-order valence-electron chi connectivity index (χ0n) is 34.5. The van der Waals surface area contributed by atoms with Gasteiger partial charge in [-0.05, 0) is 19.3 Å². The van der Waals surface area contributed by atoms with E-state index in [-0.39, 0.29) is 12.3 Å². The van der Waals surface area contributed by atoms with Gasteiger partial charge in [0.25, 0.3) is 0 Å². The summed E-state index contributed by atoms with van der Waals surface area (Å²) in [5.74, 6) is -0.340. The highest BCUT2D eigenvalue weighted by atomic mass is 31.2. The number of hydrogen-bond acceptors (Lipinski definition) is 10. The van der Waals surface area contributed by atoms with Gasteiger partial charge in [-0.25, -0.2) is 4.57 Å². The molecule has 1 amide bonds. The van der Waals surface area contributed by atoms with Crippen molar-refractivity contribution in [3.63, 3.8) is 0 Å². The van der Waals surface area contributed by atoms with E-state index in [1.54, 1.807) is 0 Å². The number of unbranched alkanes of at least 4 members (excludes halogenated alkanes) is 25. The van der Waals surface area contributed by atoms with E-state index in [1.165, 1.54) is 128 Å². The van der Waals surface area contributed by atoms with Crippen molar-refractivity contribution < 1.29 is 53.9 Å². The Morgan fingerprint density at radius 2 is 0.964 bits per heavy atom. The summed E-state index contributed by atoms with van der Waals surface area (Å²) < 4.78 is 22.9. The predicted molar refractivity (Wildman–Crippen MR) is 218 cm³/mol. The van der Waals surface area contributed by atoms with Crippen molar-refractivity contribution in [3.8, 4) is 0 Å². The van der Waals surface area contributed by atoms with E-state index in [2.05, 4.69) is 19.2 Å². The van der Waals surface area contributed by atoms with Crippen molar-refractivity contribution in [1.82, 2.24) is 5.32 Å². The molecule has 1 fully saturated rings. The summed E-state index contributed by atoms with van der Waals surface area (Å²) in [5.41, 5.74) is 0. The van der Waals surface area contributed by atoms with E-state index in [0.717, 1.165) is 44.9 Å². The summed E-state index contributed by atoms with van der Waals surface area (Å²) in [7, 11) is -5.07. The molecule has 1 aliphatic rings. The predicted octanol–water partition coefficient (Wildman–Crippen LogP) is 7.67. The minimum Gasteiger partial charge on any atom is -0.387 e. The van der Waals surface area contributed by atoms with Crippen LogP contribution in [0.2, 0.25) is 0 Å². The molecule has 0 radical (unpaired) electrons. The van der Waals surface area contributed by atoms with Crippen LogP contribution < -0.4 is 5.32 Å². The number of phosphoric acid groups is 1. The van der Waals surface area contributed by atoms with Crippen LogP contribution in [0.1, 0.15) is 194 Å². The Kier molecular flexibility index (Phi) is 31.2. The van der Waals surface area contributed by atoms with Gasteiger partial charge in [0.05, 0.1) is 18.8 Å². The average Bonchev–Trinajstić information content (AvgIpc) is 3.16. The first-order chi connectivity index (χ1) is 26.4. The molecular weight excluding hydrogens is 725 g/mol. The first-order valence-electron chi connectivity index (χ1n) is 22.1. The lowest BCUT2D eigenvalue weighted by Gasteiger charge is -2.41. The van der Waals surface area contributed by atoms with Gasteiger partial charge in [0, 0.05) is 6.42 Å². The van der Waals surface area contributed by atoms with Crippen molar-refractivity contribution in [3.05, 3.63) is 12.2 Å². The third kappa shape index (κ3) is 25.2. The van der Waals surface area contributed by atoms with Crippen LogP contribution in [0.3, 0.4) is 0 Å². The number of phosphoric ester groups is 1. The van der Waals surface area contributed by atoms with Crippen molar-refractivity contribution in [2.24, 2.45) is 0 Å². The van der Waals surface area contributed by atoms with Gasteiger partial charge in [-0.3, -0.25) is 13.8 Å². The molecule has 55 heavy (non-hydrogen) atoms. The van der Waals surface area contributed by atoms with Gasteiger partial charge in [-0.2, -0.15) is 0 Å². The number of carbonyl (C=O) groups excluding carboxylic acids is 1. The molecule has 9 atom stereocenters. The van der Waals surface area contributed by atoms with Crippen LogP contribution in [-0.2, 0) is 18.4 Å². The van der Waals surface area contributed by atoms with Gasteiger partial charge in [0.15, 0.2) is 0 Å². The molecule has 0 aromatic carbocycles. The summed E-state index contributed by atoms with van der Waals surface area (Å²) in [4.78, 5) is 23.3. The van der Waals surface area contributed by atoms with Gasteiger partial charge in [0.1, 0.15) is 36.6 Å². The molecule has 326 valence electrons. The fraction of sp³-hybridized carbons (Fsp3) is 0.929. The largest absolute Gasteiger partial charge is 0.472 e. The summed E-state index contributed by atoms with van der Waals surface area (Å²) >= 11 is 0. The second kappa shape index (κ2) is 33.0. The smallest absolute Gasteiger partial charge is 0.387 e. The standard InChI is InChI=1S/C42H82NO11P/c1-3-5-7-9-11-13-15-17-18-20-22-24-26-28-30-32-36(45)43-34(35(44)31-29-27-25-23-21-19-16-14-12-10-8-6-4-2)33-53-55(51,52)54-42-40(49)38(47)37(46)39(48)41(42)50/h29,31,34-35,37-42,44,46-50H,3-28,30,32-33H2,1-2H3,(H,43,45)(H,51,52)/b31-29+/t34-,35+,37?,38-,39+,40+,41+,42?/m0/s1. The minimum atomic E-state index is -5.07. The monoisotopic (exact) mass is 808 g/mol. The van der Waals surface area contributed by atoms with Crippen LogP contribution in [0.25, 0.3) is 0 Å². The van der Waals surface area contributed by atoms with Crippen LogP contribution in [-0.4, -0.2) is 96.8 Å². The zero-order valence-corrected chi connectivity index (χ0v) is 35.4. The molecule has 0 bridgehead atoms. The van der Waals surface area contributed by atoms with E-state index in [1.807, 2.05) is 6.08 Å². The average molecular weight is 808 g/mol. The van der Waals surface area contributed by atoms with Gasteiger partial charge in [-0.15, -0.1) is 0 Å². The molecule has 1 aliphatic carbocycles. The van der Waals surface area contributed by atoms with Gasteiger partial charge in [0.2, 0.25) is 5.91 Å². The lowest BCUT2D eigenvalue weighted by Crippen LogP contribution is -2.64. The van der Waals surface area contributed by atoms with Crippen LogP contribution in [0, 0.1) is 0 Å². The van der Waals surface area contributed by atoms with Gasteiger partial charge in [-0.1, -0.05) is 180 Å². The molecule has 0 aromatic rings. The molecule has 0 aromatic heterocycles. The molecule has 3 unspecified atom stereocenters. The molecule has 1 rings (SSSR count). The number of aliphatic hydroxyl groups is 6. The van der Waals surface area contributed by atoms with E-state index < -0.39 is 63.2 Å². The third-order valence-electron chi connectivity index (χ3n) is 10.8. The molecule has 13 heteroatoms. The van der Waals surface area contributed by atoms with E-state index in [9.17, 15) is 44.9 Å². The SMILES string of the molecule is CCCCCCCCCCCCC/C=C/[C@@H](O)[C@H](COP(=O)(O)OC1[C@H](O)[C@H](O)C(O)[C@H](O)[C@H]1O)NC(=O)CCCCCCCCCCCCCCCCC. The Labute approximate surface area is 333 Å². The van der Waals surface area contributed by atoms with Crippen LogP contribution in [0.4, 0.5) is 0 Å². The van der Waals surface area contributed by atoms with Crippen molar-refractivity contribution >= 4 is 13.7 Å². The first-order valence-corrected chi connectivity index (χ1v) is 23.6. The number of allylic oxidation sites excluding steroid dienone is 1. The number of amides is 1. The highest BCUT2D eigenvalue weighted by Gasteiger charge is 2.51. The van der Waals surface area contributed by atoms with Crippen LogP contribution in [0.5, 0.6) is 0 Å². The summed E-state index contributed by atoms with van der Waals surface area (Å²) in [6.45, 7) is 3.83. The Bertz CT molecular complexity index is 989. The maximum absolute atomic E-state index is 12.9. The zero-order chi connectivity index (χ0) is 40.7. The fourth-order valence-corrected chi connectivity index (χ4v) is 8.10. The second-order valence-electron chi connectivity index (χ2n) is 15.9. The van der Waals surface area contributed by atoms with Crippen molar-refractivity contribution in [1.29, 1.82) is 0 Å². The Morgan fingerprint density at radius 3 is 1.38 bits per heavy atom. The number of hydrogen-bond donors (Lipinski definition) is 8. The Hall–Kier alpha value is -0.920. The normalized spacial score (nSPS) is 23.9. The minimum absolute atomic E-state index is 0.218. The maximum Gasteiger partial charge on any atom is 0.472 e. The summed E-state index contributed by atoms with van der Waals surface area (Å²) in [5, 5.41) is 63.8. The molecule has 0 spiro atoms. The van der Waals surface area contributed by atoms with Gasteiger partial charge < -0.3 is 40.8 Å². The lowest BCUT2D eigenvalue weighted by atomic mass is 9.85. The summed E-state index contributed by atoms with van der Waals surface area (Å²) in [6, 6.07) is -1.11. The second-order valence-corrected chi connectivity index (χ2v) is 17.3. The first kappa shape index (κ1) is 52.1. The van der Waals surface area contributed by atoms with Crippen LogP contribution in [0.15, 0.2) is 12.2 Å². The fourth-order valence-electron chi connectivity index (χ4n) is 7.14. The van der Waals surface area contributed by atoms with E-state index in [4.69, 9.17) is 9.05 Å². The van der Waals surface area contributed by atoms with Crippen LogP contribution >= 0.6 is 7.82 Å². The molecular formula is C42H82NO11P. The molecule has 1 saturated carbocycles. The lowest BCUT2D eigenvalue weighted by molar-refractivity contribution is -0.220. The highest BCUT2D eigenvalue weighted by molar-refractivity contribution is 7.47. The number of nitrogens with one attached hydrogen (secondary N) is 1.